The number of carbonyl (C=O) groups is 2. The Morgan fingerprint density at radius 2 is 1.60 bits per heavy atom. The molecule has 0 radical (unpaired) electrons. The van der Waals surface area contributed by atoms with E-state index in [-0.39, 0.29) is 18.9 Å². The number of ether oxygens (including phenoxy) is 1. The van der Waals surface area contributed by atoms with Crippen LogP contribution in [0.5, 0.6) is 5.75 Å². The van der Waals surface area contributed by atoms with E-state index in [0.717, 1.165) is 38.0 Å². The van der Waals surface area contributed by atoms with Gasteiger partial charge in [-0.25, -0.2) is 9.59 Å². The molecule has 6 nitrogen and oxygen atoms in total. The van der Waals surface area contributed by atoms with E-state index in [4.69, 9.17) is 9.16 Å². The number of carboxylic acids is 1. The highest BCUT2D eigenvalue weighted by atomic mass is 79.9. The number of rotatable bonds is 8. The van der Waals surface area contributed by atoms with Gasteiger partial charge in [0.05, 0.1) is 4.47 Å². The molecule has 0 saturated heterocycles. The van der Waals surface area contributed by atoms with Gasteiger partial charge in [-0.15, -0.1) is 0 Å². The molecule has 0 fully saturated rings. The lowest BCUT2D eigenvalue weighted by Crippen LogP contribution is -2.42. The molecule has 3 aromatic rings. The average Bonchev–Trinajstić information content (AvgIpc) is 3.12. The molecule has 4 rings (SSSR count). The number of hydrogen-bond acceptors (Lipinski definition) is 4. The minimum absolute atomic E-state index is 0.0914. The van der Waals surface area contributed by atoms with Crippen molar-refractivity contribution in [3.8, 4) is 16.9 Å². The maximum atomic E-state index is 12.6. The Balaban J connectivity index is 1.41. The Morgan fingerprint density at radius 1 is 1.00 bits per heavy atom. The lowest BCUT2D eigenvalue weighted by Gasteiger charge is -2.21. The highest BCUT2D eigenvalue weighted by Crippen LogP contribution is 2.44. The normalized spacial score (nSPS) is 13.5. The maximum Gasteiger partial charge on any atom is 0.407 e. The van der Waals surface area contributed by atoms with Crippen LogP contribution in [0.2, 0.25) is 19.6 Å². The van der Waals surface area contributed by atoms with Crippen molar-refractivity contribution in [2.45, 2.75) is 38.0 Å². The second-order valence-corrected chi connectivity index (χ2v) is 14.8. The summed E-state index contributed by atoms with van der Waals surface area (Å²) in [5, 5.41) is 12.2. The zero-order chi connectivity index (χ0) is 25.2. The Morgan fingerprint density at radius 3 is 2.14 bits per heavy atom. The van der Waals surface area contributed by atoms with Gasteiger partial charge in [0.25, 0.3) is 0 Å². The number of carboxylic acid groups (broad SMARTS) is 1. The number of aliphatic carboxylic acids is 1. The standard InChI is InChI=1S/C27H28BrNO5Si/c1-35(2,3)34-25-13-12-17(14-23(25)28)15-24(26(30)31)29-27(32)33-16-22-20-10-6-4-8-18(20)19-9-5-7-11-21(19)22/h4-14,22,24H,15-16H2,1-3H3,(H,29,32)(H,30,31)/t24-/m0/s1. The van der Waals surface area contributed by atoms with E-state index in [1.807, 2.05) is 54.6 Å². The third kappa shape index (κ3) is 5.94. The Labute approximate surface area is 214 Å². The fourth-order valence-corrected chi connectivity index (χ4v) is 5.80. The van der Waals surface area contributed by atoms with Crippen molar-refractivity contribution < 1.29 is 23.9 Å². The van der Waals surface area contributed by atoms with E-state index in [1.165, 1.54) is 0 Å². The molecule has 0 unspecified atom stereocenters. The molecule has 0 saturated carbocycles. The molecule has 3 aromatic carbocycles. The monoisotopic (exact) mass is 553 g/mol. The molecule has 1 aliphatic rings. The van der Waals surface area contributed by atoms with Crippen LogP contribution in [-0.4, -0.2) is 38.1 Å². The minimum atomic E-state index is -1.78. The third-order valence-electron chi connectivity index (χ3n) is 5.79. The number of amides is 1. The molecule has 182 valence electrons. The molecule has 1 amide bonds. The predicted molar refractivity (Wildman–Crippen MR) is 141 cm³/mol. The van der Waals surface area contributed by atoms with Crippen LogP contribution in [0.1, 0.15) is 22.6 Å². The third-order valence-corrected chi connectivity index (χ3v) is 7.24. The largest absolute Gasteiger partial charge is 0.544 e. The van der Waals surface area contributed by atoms with Crippen LogP contribution in [-0.2, 0) is 16.0 Å². The van der Waals surface area contributed by atoms with Gasteiger partial charge < -0.3 is 19.6 Å². The van der Waals surface area contributed by atoms with Crippen molar-refractivity contribution in [3.63, 3.8) is 0 Å². The fraction of sp³-hybridized carbons (Fsp3) is 0.259. The van der Waals surface area contributed by atoms with Gasteiger partial charge in [0.15, 0.2) is 0 Å². The van der Waals surface area contributed by atoms with Gasteiger partial charge in [-0.3, -0.25) is 0 Å². The molecule has 1 aliphatic carbocycles. The molecule has 0 bridgehead atoms. The molecule has 0 heterocycles. The van der Waals surface area contributed by atoms with Crippen LogP contribution in [0.4, 0.5) is 4.79 Å². The van der Waals surface area contributed by atoms with Crippen LogP contribution < -0.4 is 9.74 Å². The quantitative estimate of drug-likeness (QED) is 0.324. The van der Waals surface area contributed by atoms with Crippen molar-refractivity contribution in [1.82, 2.24) is 5.32 Å². The number of nitrogens with one attached hydrogen (secondary N) is 1. The summed E-state index contributed by atoms with van der Waals surface area (Å²) in [7, 11) is -1.78. The van der Waals surface area contributed by atoms with Crippen molar-refractivity contribution in [1.29, 1.82) is 0 Å². The second kappa shape index (κ2) is 10.3. The summed E-state index contributed by atoms with van der Waals surface area (Å²) in [4.78, 5) is 24.5. The van der Waals surface area contributed by atoms with E-state index in [9.17, 15) is 14.7 Å². The topological polar surface area (TPSA) is 84.9 Å². The number of hydrogen-bond donors (Lipinski definition) is 2. The van der Waals surface area contributed by atoms with Crippen molar-refractivity contribution in [2.24, 2.45) is 0 Å². The molecule has 0 aliphatic heterocycles. The van der Waals surface area contributed by atoms with E-state index < -0.39 is 26.4 Å². The van der Waals surface area contributed by atoms with Gasteiger partial charge in [-0.05, 0) is 75.5 Å². The first-order valence-electron chi connectivity index (χ1n) is 11.4. The lowest BCUT2D eigenvalue weighted by atomic mass is 9.98. The van der Waals surface area contributed by atoms with Crippen molar-refractivity contribution in [2.75, 3.05) is 6.61 Å². The number of halogens is 1. The van der Waals surface area contributed by atoms with Crippen LogP contribution in [0.3, 0.4) is 0 Å². The summed E-state index contributed by atoms with van der Waals surface area (Å²) in [5.41, 5.74) is 5.22. The zero-order valence-corrected chi connectivity index (χ0v) is 22.5. The van der Waals surface area contributed by atoms with E-state index in [0.29, 0.717) is 0 Å². The van der Waals surface area contributed by atoms with Gasteiger partial charge >= 0.3 is 12.1 Å². The SMILES string of the molecule is C[Si](C)(C)Oc1ccc(C[C@H](NC(=O)OCC2c3ccccc3-c3ccccc32)C(=O)O)cc1Br. The highest BCUT2D eigenvalue weighted by molar-refractivity contribution is 9.10. The average molecular weight is 555 g/mol. The molecule has 8 heteroatoms. The molecular formula is C27H28BrNO5Si. The summed E-state index contributed by atoms with van der Waals surface area (Å²) in [5.74, 6) is -0.493. The molecule has 35 heavy (non-hydrogen) atoms. The van der Waals surface area contributed by atoms with Gasteiger partial charge in [0.1, 0.15) is 18.4 Å². The molecule has 0 aromatic heterocycles. The fourth-order valence-electron chi connectivity index (χ4n) is 4.30. The first-order chi connectivity index (χ1) is 16.6. The molecular weight excluding hydrogens is 526 g/mol. The van der Waals surface area contributed by atoms with Gasteiger partial charge in [0.2, 0.25) is 8.32 Å². The number of fused-ring (bicyclic) bond motifs is 3. The Bertz CT molecular complexity index is 1210. The second-order valence-electron chi connectivity index (χ2n) is 9.54. The molecule has 1 atom stereocenters. The first-order valence-corrected chi connectivity index (χ1v) is 15.6. The Kier molecular flexibility index (Phi) is 7.33. The van der Waals surface area contributed by atoms with E-state index in [1.54, 1.807) is 0 Å². The van der Waals surface area contributed by atoms with E-state index >= 15 is 0 Å². The molecule has 0 spiro atoms. The maximum absolute atomic E-state index is 12.6. The van der Waals surface area contributed by atoms with E-state index in [2.05, 4.69) is 53.0 Å². The van der Waals surface area contributed by atoms with Crippen LogP contribution in [0.25, 0.3) is 11.1 Å². The van der Waals surface area contributed by atoms with Crippen LogP contribution in [0, 0.1) is 0 Å². The first kappa shape index (κ1) is 25.0. The summed E-state index contributed by atoms with van der Waals surface area (Å²) in [6.45, 7) is 6.39. The molecule has 2 N–H and O–H groups in total. The van der Waals surface area contributed by atoms with Gasteiger partial charge in [-0.2, -0.15) is 0 Å². The number of alkyl carbamates (subject to hydrolysis) is 1. The minimum Gasteiger partial charge on any atom is -0.544 e. The summed E-state index contributed by atoms with van der Waals surface area (Å²) >= 11 is 3.50. The summed E-state index contributed by atoms with van der Waals surface area (Å²) in [6.07, 6.45) is -0.636. The smallest absolute Gasteiger partial charge is 0.407 e. The van der Waals surface area contributed by atoms with Crippen molar-refractivity contribution >= 4 is 36.3 Å². The Hall–Kier alpha value is -3.10. The van der Waals surface area contributed by atoms with Crippen LogP contribution in [0.15, 0.2) is 71.2 Å². The summed E-state index contributed by atoms with van der Waals surface area (Å²) < 4.78 is 12.3. The highest BCUT2D eigenvalue weighted by Gasteiger charge is 2.30. The van der Waals surface area contributed by atoms with Gasteiger partial charge in [-0.1, -0.05) is 54.6 Å². The van der Waals surface area contributed by atoms with Crippen LogP contribution >= 0.6 is 15.9 Å². The van der Waals surface area contributed by atoms with Gasteiger partial charge in [0, 0.05) is 12.3 Å². The lowest BCUT2D eigenvalue weighted by molar-refractivity contribution is -0.139. The number of benzene rings is 3. The predicted octanol–water partition coefficient (Wildman–Crippen LogP) is 6.20. The van der Waals surface area contributed by atoms with Crippen molar-refractivity contribution in [3.05, 3.63) is 87.9 Å². The zero-order valence-electron chi connectivity index (χ0n) is 19.9. The summed E-state index contributed by atoms with van der Waals surface area (Å²) in [6, 6.07) is 20.5. The number of carbonyl (C=O) groups excluding carboxylic acids is 1.